The second-order valence-electron chi connectivity index (χ2n) is 10.3. The number of ether oxygens (including phenoxy) is 2. The van der Waals surface area contributed by atoms with E-state index in [9.17, 15) is 14.4 Å². The minimum absolute atomic E-state index is 0.0431. The van der Waals surface area contributed by atoms with Gasteiger partial charge in [-0.15, -0.1) is 0 Å². The van der Waals surface area contributed by atoms with Crippen LogP contribution in [0.5, 0.6) is 11.6 Å². The number of carbonyl (C=O) groups excluding carboxylic acids is 2. The molecule has 0 aliphatic carbocycles. The average molecular weight is 561 g/mol. The van der Waals surface area contributed by atoms with E-state index in [0.29, 0.717) is 40.6 Å². The minimum Gasteiger partial charge on any atom is -0.492 e. The highest BCUT2D eigenvalue weighted by Gasteiger charge is 2.43. The highest BCUT2D eigenvalue weighted by Crippen LogP contribution is 2.40. The van der Waals surface area contributed by atoms with Gasteiger partial charge >= 0.3 is 5.97 Å². The zero-order chi connectivity index (χ0) is 29.3. The van der Waals surface area contributed by atoms with Gasteiger partial charge in [-0.1, -0.05) is 18.2 Å². The number of carbonyl (C=O) groups is 3. The van der Waals surface area contributed by atoms with E-state index in [2.05, 4.69) is 9.97 Å². The normalized spacial score (nSPS) is 16.0. The van der Waals surface area contributed by atoms with E-state index in [4.69, 9.17) is 14.6 Å². The molecule has 10 nitrogen and oxygen atoms in total. The van der Waals surface area contributed by atoms with Gasteiger partial charge in [-0.3, -0.25) is 19.3 Å². The number of para-hydroxylation sites is 1. The van der Waals surface area contributed by atoms with Gasteiger partial charge in [0, 0.05) is 48.7 Å². The molecule has 2 aromatic heterocycles. The summed E-state index contributed by atoms with van der Waals surface area (Å²) >= 11 is 0. The van der Waals surface area contributed by atoms with E-state index in [1.165, 1.54) is 17.2 Å². The molecule has 0 unspecified atom stereocenters. The van der Waals surface area contributed by atoms with Crippen LogP contribution in [0.15, 0.2) is 60.6 Å². The van der Waals surface area contributed by atoms with Gasteiger partial charge in [-0.2, -0.15) is 0 Å². The van der Waals surface area contributed by atoms with Crippen molar-refractivity contribution >= 4 is 23.5 Å². The van der Waals surface area contributed by atoms with Crippen molar-refractivity contribution < 1.29 is 33.4 Å². The number of hydrogen-bond acceptors (Lipinski definition) is 7. The fraction of sp³-hybridized carbons (Fsp3) is 0.300. The van der Waals surface area contributed by atoms with E-state index in [1.807, 2.05) is 13.0 Å². The number of hydrogen-bond donors (Lipinski definition) is 1. The molecule has 41 heavy (non-hydrogen) atoms. The first-order chi connectivity index (χ1) is 19.5. The summed E-state index contributed by atoms with van der Waals surface area (Å²) in [5.41, 5.74) is 1.63. The standard InChI is InChI=1S/C30H29FN4O6/c1-18-14-23-27(33-16-18)41-30(2,3)29(39)35(23)20-8-11-34(12-9-20)28(38)26-22(31)15-19(17-32-26)21-6-4-5-7-24(21)40-13-10-25(36)37/h4-8,14-17H,9-13H2,1-3H3,(H,36,37). The number of rotatable bonds is 7. The minimum atomic E-state index is -1.11. The van der Waals surface area contributed by atoms with E-state index in [0.717, 1.165) is 5.56 Å². The molecule has 0 fully saturated rings. The van der Waals surface area contributed by atoms with Crippen LogP contribution in [0.25, 0.3) is 11.1 Å². The van der Waals surface area contributed by atoms with Gasteiger partial charge in [0.1, 0.15) is 11.4 Å². The molecule has 1 aromatic carbocycles. The predicted octanol–water partition coefficient (Wildman–Crippen LogP) is 4.38. The second-order valence-corrected chi connectivity index (χ2v) is 10.3. The molecule has 4 heterocycles. The fourth-order valence-corrected chi connectivity index (χ4v) is 4.75. The van der Waals surface area contributed by atoms with E-state index < -0.39 is 23.3 Å². The van der Waals surface area contributed by atoms with Gasteiger partial charge in [-0.25, -0.2) is 14.4 Å². The summed E-state index contributed by atoms with van der Waals surface area (Å²) in [5.74, 6) is -1.84. The lowest BCUT2D eigenvalue weighted by molar-refractivity contribution is -0.137. The molecule has 5 rings (SSSR count). The van der Waals surface area contributed by atoms with E-state index in [-0.39, 0.29) is 37.7 Å². The number of pyridine rings is 2. The number of halogens is 1. The maximum atomic E-state index is 15.2. The molecule has 212 valence electrons. The van der Waals surface area contributed by atoms with Crippen molar-refractivity contribution in [1.29, 1.82) is 0 Å². The third kappa shape index (κ3) is 5.60. The maximum absolute atomic E-state index is 15.2. The van der Waals surface area contributed by atoms with Crippen molar-refractivity contribution in [2.45, 2.75) is 39.2 Å². The summed E-state index contributed by atoms with van der Waals surface area (Å²) in [6.45, 7) is 5.63. The van der Waals surface area contributed by atoms with Crippen molar-refractivity contribution in [1.82, 2.24) is 14.9 Å². The van der Waals surface area contributed by atoms with Crippen molar-refractivity contribution in [2.24, 2.45) is 0 Å². The fourth-order valence-electron chi connectivity index (χ4n) is 4.75. The Labute approximate surface area is 236 Å². The van der Waals surface area contributed by atoms with Crippen LogP contribution < -0.4 is 14.4 Å². The van der Waals surface area contributed by atoms with Crippen molar-refractivity contribution in [2.75, 3.05) is 24.6 Å². The summed E-state index contributed by atoms with van der Waals surface area (Å²) < 4.78 is 26.6. The lowest BCUT2D eigenvalue weighted by Crippen LogP contribution is -2.53. The van der Waals surface area contributed by atoms with Crippen LogP contribution in [0.1, 0.15) is 42.7 Å². The topological polar surface area (TPSA) is 122 Å². The molecule has 0 saturated heterocycles. The van der Waals surface area contributed by atoms with Crippen molar-refractivity contribution in [3.05, 3.63) is 77.6 Å². The maximum Gasteiger partial charge on any atom is 0.306 e. The predicted molar refractivity (Wildman–Crippen MR) is 147 cm³/mol. The Bertz CT molecular complexity index is 1570. The number of carboxylic acid groups (broad SMARTS) is 1. The number of aromatic nitrogens is 2. The summed E-state index contributed by atoms with van der Waals surface area (Å²) in [4.78, 5) is 48.9. The number of carboxylic acids is 1. The quantitative estimate of drug-likeness (QED) is 0.452. The Morgan fingerprint density at radius 2 is 1.95 bits per heavy atom. The molecular weight excluding hydrogens is 531 g/mol. The van der Waals surface area contributed by atoms with Gasteiger partial charge in [-0.05, 0) is 50.6 Å². The molecule has 2 aliphatic rings. The Kier molecular flexibility index (Phi) is 7.44. The molecule has 2 aliphatic heterocycles. The molecule has 0 bridgehead atoms. The average Bonchev–Trinajstić information content (AvgIpc) is 2.94. The number of nitrogens with zero attached hydrogens (tertiary/aromatic N) is 4. The number of aliphatic carboxylic acids is 1. The summed E-state index contributed by atoms with van der Waals surface area (Å²) in [7, 11) is 0. The van der Waals surface area contributed by atoms with E-state index >= 15 is 4.39 Å². The lowest BCUT2D eigenvalue weighted by atomic mass is 10.0. The molecule has 0 radical (unpaired) electrons. The van der Waals surface area contributed by atoms with Crippen LogP contribution in [0.4, 0.5) is 10.1 Å². The summed E-state index contributed by atoms with van der Waals surface area (Å²) in [5, 5.41) is 8.86. The molecular formula is C30H29FN4O6. The zero-order valence-corrected chi connectivity index (χ0v) is 22.9. The first-order valence-electron chi connectivity index (χ1n) is 13.1. The third-order valence-electron chi connectivity index (χ3n) is 6.85. The van der Waals surface area contributed by atoms with E-state index in [1.54, 1.807) is 55.3 Å². The van der Waals surface area contributed by atoms with Crippen LogP contribution in [-0.2, 0) is 9.59 Å². The molecule has 0 spiro atoms. The monoisotopic (exact) mass is 560 g/mol. The molecule has 2 amide bonds. The van der Waals surface area contributed by atoms with Gasteiger partial charge < -0.3 is 19.5 Å². The largest absolute Gasteiger partial charge is 0.492 e. The van der Waals surface area contributed by atoms with Crippen LogP contribution in [0.3, 0.4) is 0 Å². The highest BCUT2D eigenvalue weighted by molar-refractivity contribution is 6.04. The van der Waals surface area contributed by atoms with Gasteiger partial charge in [0.2, 0.25) is 5.88 Å². The van der Waals surface area contributed by atoms with Gasteiger partial charge in [0.15, 0.2) is 17.1 Å². The summed E-state index contributed by atoms with van der Waals surface area (Å²) in [6.07, 6.45) is 5.03. The Balaban J connectivity index is 1.34. The first kappa shape index (κ1) is 27.8. The third-order valence-corrected chi connectivity index (χ3v) is 6.85. The molecule has 0 saturated carbocycles. The SMILES string of the molecule is Cc1cnc2c(c1)N(C1=CCN(C(=O)c3ncc(-c4ccccc4OCCC(=O)O)cc3F)CC1)C(=O)C(C)(C)O2. The number of anilines is 1. The number of benzene rings is 1. The first-order valence-corrected chi connectivity index (χ1v) is 13.1. The summed E-state index contributed by atoms with van der Waals surface area (Å²) in [6, 6.07) is 9.87. The van der Waals surface area contributed by atoms with Gasteiger partial charge in [0.25, 0.3) is 11.8 Å². The van der Waals surface area contributed by atoms with Crippen LogP contribution >= 0.6 is 0 Å². The molecule has 1 N–H and O–H groups in total. The van der Waals surface area contributed by atoms with Crippen LogP contribution in [-0.4, -0.2) is 63.1 Å². The number of aryl methyl sites for hydroxylation is 1. The molecule has 0 atom stereocenters. The number of amides is 2. The lowest BCUT2D eigenvalue weighted by Gasteiger charge is -2.40. The smallest absolute Gasteiger partial charge is 0.306 e. The zero-order valence-electron chi connectivity index (χ0n) is 22.9. The Morgan fingerprint density at radius 3 is 2.66 bits per heavy atom. The highest BCUT2D eigenvalue weighted by atomic mass is 19.1. The Hall–Kier alpha value is -4.80. The van der Waals surface area contributed by atoms with Crippen molar-refractivity contribution in [3.8, 4) is 22.8 Å². The number of fused-ring (bicyclic) bond motifs is 1. The molecule has 11 heteroatoms. The van der Waals surface area contributed by atoms with Crippen LogP contribution in [0.2, 0.25) is 0 Å². The van der Waals surface area contributed by atoms with Crippen molar-refractivity contribution in [3.63, 3.8) is 0 Å². The molecule has 3 aromatic rings. The van der Waals surface area contributed by atoms with Gasteiger partial charge in [0.05, 0.1) is 13.0 Å². The Morgan fingerprint density at radius 1 is 1.17 bits per heavy atom. The second kappa shape index (κ2) is 11.0. The van der Waals surface area contributed by atoms with Crippen LogP contribution in [0, 0.1) is 12.7 Å².